The fourth-order valence-corrected chi connectivity index (χ4v) is 3.71. The van der Waals surface area contributed by atoms with Crippen molar-refractivity contribution in [2.45, 2.75) is 46.1 Å². The van der Waals surface area contributed by atoms with E-state index in [1.807, 2.05) is 55.8 Å². The molecule has 1 unspecified atom stereocenters. The zero-order valence-electron chi connectivity index (χ0n) is 18.3. The molecule has 7 nitrogen and oxygen atoms in total. The summed E-state index contributed by atoms with van der Waals surface area (Å²) >= 11 is 0. The smallest absolute Gasteiger partial charge is 0.191 e. The van der Waals surface area contributed by atoms with Gasteiger partial charge in [-0.3, -0.25) is 4.99 Å². The van der Waals surface area contributed by atoms with Gasteiger partial charge in [-0.15, -0.1) is 24.0 Å². The topological polar surface area (TPSA) is 88.4 Å². The molecular weight excluding hydrogens is 513 g/mol. The maximum Gasteiger partial charge on any atom is 0.191 e. The van der Waals surface area contributed by atoms with Crippen molar-refractivity contribution >= 4 is 39.8 Å². The number of nitrogens with one attached hydrogen (secondary N) is 2. The van der Waals surface area contributed by atoms with Gasteiger partial charge in [-0.05, 0) is 57.7 Å². The number of benzene rings is 1. The number of halogens is 1. The number of hydrogen-bond acceptors (Lipinski definition) is 4. The van der Waals surface area contributed by atoms with E-state index in [2.05, 4.69) is 26.9 Å². The second-order valence-electron chi connectivity index (χ2n) is 7.35. The molecule has 0 fully saturated rings. The molecule has 1 aromatic heterocycles. The maximum atomic E-state index is 11.3. The van der Waals surface area contributed by atoms with E-state index in [0.29, 0.717) is 13.0 Å². The number of aliphatic imine (C=N–C) groups is 1. The van der Waals surface area contributed by atoms with Crippen LogP contribution in [0.25, 0.3) is 5.69 Å². The first-order valence-corrected chi connectivity index (χ1v) is 12.2. The van der Waals surface area contributed by atoms with Crippen LogP contribution in [0.15, 0.2) is 41.5 Å². The third-order valence-electron chi connectivity index (χ3n) is 4.54. The summed E-state index contributed by atoms with van der Waals surface area (Å²) in [6, 6.07) is 10.1. The molecule has 9 heteroatoms. The first-order valence-electron chi connectivity index (χ1n) is 10.1. The van der Waals surface area contributed by atoms with Gasteiger partial charge in [0.2, 0.25) is 0 Å². The summed E-state index contributed by atoms with van der Waals surface area (Å²) < 4.78 is 24.6. The Morgan fingerprint density at radius 2 is 1.97 bits per heavy atom. The molecule has 1 aromatic carbocycles. The van der Waals surface area contributed by atoms with E-state index < -0.39 is 9.84 Å². The largest absolute Gasteiger partial charge is 0.357 e. The number of nitrogens with zero attached hydrogens (tertiary/aromatic N) is 3. The van der Waals surface area contributed by atoms with Crippen LogP contribution in [0.1, 0.15) is 37.9 Å². The molecule has 168 valence electrons. The van der Waals surface area contributed by atoms with Gasteiger partial charge in [0.25, 0.3) is 0 Å². The minimum atomic E-state index is -2.95. The average Bonchev–Trinajstić information content (AvgIpc) is 3.04. The highest BCUT2D eigenvalue weighted by Crippen LogP contribution is 2.13. The van der Waals surface area contributed by atoms with E-state index in [-0.39, 0.29) is 35.8 Å². The van der Waals surface area contributed by atoms with Gasteiger partial charge in [-0.1, -0.05) is 18.2 Å². The van der Waals surface area contributed by atoms with E-state index in [4.69, 9.17) is 0 Å². The van der Waals surface area contributed by atoms with E-state index in [9.17, 15) is 8.42 Å². The van der Waals surface area contributed by atoms with Crippen LogP contribution in [-0.2, 0) is 16.3 Å². The molecule has 2 N–H and O–H groups in total. The zero-order valence-corrected chi connectivity index (χ0v) is 21.4. The molecule has 1 atom stereocenters. The summed E-state index contributed by atoms with van der Waals surface area (Å²) in [6.07, 6.45) is 5.73. The fraction of sp³-hybridized carbons (Fsp3) is 0.524. The molecule has 0 aliphatic carbocycles. The summed E-state index contributed by atoms with van der Waals surface area (Å²) in [5.74, 6) is 0.899. The van der Waals surface area contributed by atoms with Gasteiger partial charge in [-0.2, -0.15) is 5.10 Å². The zero-order chi connectivity index (χ0) is 21.3. The molecule has 30 heavy (non-hydrogen) atoms. The van der Waals surface area contributed by atoms with Gasteiger partial charge in [0, 0.05) is 31.6 Å². The first-order chi connectivity index (χ1) is 13.8. The highest BCUT2D eigenvalue weighted by atomic mass is 127. The molecular formula is C21H34IN5O2S. The summed E-state index contributed by atoms with van der Waals surface area (Å²) in [7, 11) is -2.95. The third-order valence-corrected chi connectivity index (χ3v) is 5.52. The minimum absolute atomic E-state index is 0. The van der Waals surface area contributed by atoms with Crippen molar-refractivity contribution in [3.63, 3.8) is 0 Å². The van der Waals surface area contributed by atoms with Crippen molar-refractivity contribution in [2.24, 2.45) is 4.99 Å². The van der Waals surface area contributed by atoms with Crippen molar-refractivity contribution in [1.82, 2.24) is 20.4 Å². The lowest BCUT2D eigenvalue weighted by atomic mass is 10.1. The predicted molar refractivity (Wildman–Crippen MR) is 135 cm³/mol. The van der Waals surface area contributed by atoms with Gasteiger partial charge in [-0.25, -0.2) is 13.1 Å². The Morgan fingerprint density at radius 3 is 2.60 bits per heavy atom. The van der Waals surface area contributed by atoms with Gasteiger partial charge < -0.3 is 10.6 Å². The lowest BCUT2D eigenvalue weighted by molar-refractivity contribution is 0.581. The fourth-order valence-electron chi connectivity index (χ4n) is 2.93. The molecule has 0 bridgehead atoms. The Hall–Kier alpha value is -1.62. The lowest BCUT2D eigenvalue weighted by Gasteiger charge is -2.17. The van der Waals surface area contributed by atoms with Crippen LogP contribution in [-0.4, -0.2) is 55.3 Å². The molecule has 0 saturated carbocycles. The summed E-state index contributed by atoms with van der Waals surface area (Å²) in [5.41, 5.74) is 3.32. The van der Waals surface area contributed by atoms with E-state index in [0.717, 1.165) is 36.7 Å². The first kappa shape index (κ1) is 26.4. The van der Waals surface area contributed by atoms with Crippen molar-refractivity contribution in [3.05, 3.63) is 47.8 Å². The quantitative estimate of drug-likeness (QED) is 0.207. The molecule has 2 rings (SSSR count). The molecule has 0 aliphatic rings. The Morgan fingerprint density at radius 1 is 1.27 bits per heavy atom. The number of para-hydroxylation sites is 1. The van der Waals surface area contributed by atoms with Crippen LogP contribution in [0, 0.1) is 6.92 Å². The van der Waals surface area contributed by atoms with Crippen molar-refractivity contribution < 1.29 is 8.42 Å². The molecule has 2 aromatic rings. The van der Waals surface area contributed by atoms with Gasteiger partial charge in [0.15, 0.2) is 5.96 Å². The number of hydrogen-bond donors (Lipinski definition) is 2. The van der Waals surface area contributed by atoms with Crippen LogP contribution >= 0.6 is 24.0 Å². The number of sulfone groups is 1. The van der Waals surface area contributed by atoms with Crippen LogP contribution in [0.4, 0.5) is 0 Å². The van der Waals surface area contributed by atoms with Crippen molar-refractivity contribution in [3.8, 4) is 5.69 Å². The van der Waals surface area contributed by atoms with Crippen LogP contribution in [0.3, 0.4) is 0 Å². The number of guanidine groups is 1. The second kappa shape index (κ2) is 12.9. The highest BCUT2D eigenvalue weighted by Gasteiger charge is 2.10. The molecule has 0 amide bonds. The summed E-state index contributed by atoms with van der Waals surface area (Å²) in [5, 5.41) is 11.1. The third kappa shape index (κ3) is 9.46. The predicted octanol–water partition coefficient (Wildman–Crippen LogP) is 3.11. The Balaban J connectivity index is 0.00000450. The maximum absolute atomic E-state index is 11.3. The number of aromatic nitrogens is 2. The normalized spacial score (nSPS) is 12.9. The van der Waals surface area contributed by atoms with Crippen LogP contribution < -0.4 is 10.6 Å². The number of aryl methyl sites for hydroxylation is 2. The van der Waals surface area contributed by atoms with Crippen molar-refractivity contribution in [1.29, 1.82) is 0 Å². The Kier molecular flexibility index (Phi) is 11.4. The molecule has 0 radical (unpaired) electrons. The van der Waals surface area contributed by atoms with Gasteiger partial charge in [0.05, 0.1) is 17.1 Å². The molecule has 0 saturated heterocycles. The minimum Gasteiger partial charge on any atom is -0.357 e. The second-order valence-corrected chi connectivity index (χ2v) is 9.61. The Labute approximate surface area is 197 Å². The Bertz CT molecular complexity index is 897. The summed E-state index contributed by atoms with van der Waals surface area (Å²) in [4.78, 5) is 4.63. The molecule has 1 heterocycles. The SMILES string of the molecule is CCNC(=NCCCc1cn(-c2ccccc2)nc1C)NC(C)CCS(C)(=O)=O.I. The monoisotopic (exact) mass is 547 g/mol. The number of rotatable bonds is 10. The van der Waals surface area contributed by atoms with E-state index in [1.165, 1.54) is 11.8 Å². The molecule has 0 aliphatic heterocycles. The molecule has 0 spiro atoms. The van der Waals surface area contributed by atoms with Gasteiger partial charge >= 0.3 is 0 Å². The van der Waals surface area contributed by atoms with E-state index >= 15 is 0 Å². The van der Waals surface area contributed by atoms with E-state index in [1.54, 1.807) is 0 Å². The highest BCUT2D eigenvalue weighted by molar-refractivity contribution is 14.0. The average molecular weight is 548 g/mol. The van der Waals surface area contributed by atoms with Crippen LogP contribution in [0.5, 0.6) is 0 Å². The lowest BCUT2D eigenvalue weighted by Crippen LogP contribution is -2.42. The van der Waals surface area contributed by atoms with Crippen LogP contribution in [0.2, 0.25) is 0 Å². The standard InChI is InChI=1S/C21H33N5O2S.HI/c1-5-22-21(24-17(2)13-15-29(4,27)28)23-14-9-10-19-16-26(25-18(19)3)20-11-7-6-8-12-20;/h6-8,11-12,16-17H,5,9-10,13-15H2,1-4H3,(H2,22,23,24);1H. The summed E-state index contributed by atoms with van der Waals surface area (Å²) in [6.45, 7) is 7.46. The van der Waals surface area contributed by atoms with Gasteiger partial charge in [0.1, 0.15) is 9.84 Å². The van der Waals surface area contributed by atoms with Crippen molar-refractivity contribution in [2.75, 3.05) is 25.1 Å².